The van der Waals surface area contributed by atoms with E-state index in [9.17, 15) is 10.1 Å². The highest BCUT2D eigenvalue weighted by Crippen LogP contribution is 2.42. The van der Waals surface area contributed by atoms with E-state index in [2.05, 4.69) is 0 Å². The molecule has 2 rings (SSSR count). The topological polar surface area (TPSA) is 46.4 Å². The normalized spacial score (nSPS) is 10.5. The van der Waals surface area contributed by atoms with Gasteiger partial charge >= 0.3 is 5.00 Å². The molecule has 0 N–H and O–H groups in total. The average molecular weight is 222 g/mol. The number of benzene rings is 1. The summed E-state index contributed by atoms with van der Waals surface area (Å²) in [5, 5.41) is 12.0. The van der Waals surface area contributed by atoms with E-state index in [1.54, 1.807) is 4.90 Å². The molecule has 0 aliphatic carbocycles. The van der Waals surface area contributed by atoms with E-state index in [4.69, 9.17) is 0 Å². The fraction of sp³-hybridized carbons (Fsp3) is 0.200. The van der Waals surface area contributed by atoms with Crippen molar-refractivity contribution >= 4 is 32.1 Å². The van der Waals surface area contributed by atoms with Crippen molar-refractivity contribution in [2.75, 3.05) is 19.0 Å². The fourth-order valence-electron chi connectivity index (χ4n) is 1.57. The monoisotopic (exact) mass is 222 g/mol. The molecule has 4 nitrogen and oxygen atoms in total. The second-order valence-electron chi connectivity index (χ2n) is 3.40. The van der Waals surface area contributed by atoms with Gasteiger partial charge in [0.2, 0.25) is 0 Å². The molecule has 0 fully saturated rings. The zero-order valence-electron chi connectivity index (χ0n) is 8.43. The Balaban J connectivity index is 2.80. The molecule has 0 saturated heterocycles. The second-order valence-corrected chi connectivity index (χ2v) is 4.43. The molecule has 0 bridgehead atoms. The molecule has 0 radical (unpaired) electrons. The third-order valence-corrected chi connectivity index (χ3v) is 3.28. The Morgan fingerprint density at radius 1 is 1.33 bits per heavy atom. The van der Waals surface area contributed by atoms with Crippen molar-refractivity contribution < 1.29 is 4.92 Å². The zero-order chi connectivity index (χ0) is 11.0. The van der Waals surface area contributed by atoms with E-state index in [0.29, 0.717) is 5.69 Å². The minimum Gasteiger partial charge on any atom is -0.371 e. The predicted molar refractivity (Wildman–Crippen MR) is 62.8 cm³/mol. The van der Waals surface area contributed by atoms with Crippen LogP contribution in [0.3, 0.4) is 0 Å². The van der Waals surface area contributed by atoms with Gasteiger partial charge in [-0.05, 0) is 6.07 Å². The molecule has 0 unspecified atom stereocenters. The van der Waals surface area contributed by atoms with Crippen molar-refractivity contribution in [3.63, 3.8) is 0 Å². The molecule has 0 atom stereocenters. The summed E-state index contributed by atoms with van der Waals surface area (Å²) < 4.78 is 0.952. The summed E-state index contributed by atoms with van der Waals surface area (Å²) >= 11 is 1.22. The maximum absolute atomic E-state index is 10.9. The smallest absolute Gasteiger partial charge is 0.348 e. The minimum atomic E-state index is -0.319. The summed E-state index contributed by atoms with van der Waals surface area (Å²) in [6.45, 7) is 0. The van der Waals surface area contributed by atoms with Crippen LogP contribution in [0.1, 0.15) is 0 Å². The number of rotatable bonds is 2. The van der Waals surface area contributed by atoms with Crippen molar-refractivity contribution in [1.29, 1.82) is 0 Å². The quantitative estimate of drug-likeness (QED) is 0.579. The highest BCUT2D eigenvalue weighted by Gasteiger charge is 2.22. The van der Waals surface area contributed by atoms with Crippen LogP contribution in [-0.4, -0.2) is 19.0 Å². The third-order valence-electron chi connectivity index (χ3n) is 2.16. The largest absolute Gasteiger partial charge is 0.371 e. The van der Waals surface area contributed by atoms with Gasteiger partial charge in [-0.1, -0.05) is 29.5 Å². The zero-order valence-corrected chi connectivity index (χ0v) is 9.25. The van der Waals surface area contributed by atoms with E-state index in [0.717, 1.165) is 10.1 Å². The molecule has 5 heteroatoms. The Kier molecular flexibility index (Phi) is 2.32. The van der Waals surface area contributed by atoms with E-state index < -0.39 is 0 Å². The predicted octanol–water partition coefficient (Wildman–Crippen LogP) is 2.88. The van der Waals surface area contributed by atoms with E-state index in [1.807, 2.05) is 38.4 Å². The standard InChI is InChI=1S/C10H10N2O2S/c1-11(2)9-7-5-3-4-6-8(7)15-10(9)12(13)14/h3-6H,1-2H3. The molecule has 0 saturated carbocycles. The third kappa shape index (κ3) is 1.55. The maximum Gasteiger partial charge on any atom is 0.348 e. The number of thiophene rings is 1. The molecule has 0 spiro atoms. The van der Waals surface area contributed by atoms with Gasteiger partial charge in [-0.3, -0.25) is 10.1 Å². The van der Waals surface area contributed by atoms with Crippen LogP contribution >= 0.6 is 11.3 Å². The van der Waals surface area contributed by atoms with Crippen LogP contribution in [0.4, 0.5) is 10.7 Å². The lowest BCUT2D eigenvalue weighted by Crippen LogP contribution is -2.09. The fourth-order valence-corrected chi connectivity index (χ4v) is 2.67. The van der Waals surface area contributed by atoms with Gasteiger partial charge in [0.25, 0.3) is 0 Å². The first-order valence-electron chi connectivity index (χ1n) is 4.44. The molecular formula is C10H10N2O2S. The molecule has 2 aromatic rings. The van der Waals surface area contributed by atoms with Crippen LogP contribution in [0, 0.1) is 10.1 Å². The second kappa shape index (κ2) is 3.51. The Labute approximate surface area is 90.9 Å². The van der Waals surface area contributed by atoms with Gasteiger partial charge in [0.1, 0.15) is 5.69 Å². The van der Waals surface area contributed by atoms with Gasteiger partial charge in [0.05, 0.1) is 4.92 Å². The lowest BCUT2D eigenvalue weighted by atomic mass is 10.2. The summed E-state index contributed by atoms with van der Waals surface area (Å²) in [6.07, 6.45) is 0. The first-order valence-corrected chi connectivity index (χ1v) is 5.26. The van der Waals surface area contributed by atoms with E-state index in [1.165, 1.54) is 11.3 Å². The number of hydrogen-bond acceptors (Lipinski definition) is 4. The first kappa shape index (κ1) is 9.92. The molecule has 1 aromatic heterocycles. The van der Waals surface area contributed by atoms with Gasteiger partial charge < -0.3 is 4.90 Å². The van der Waals surface area contributed by atoms with Crippen LogP contribution in [0.2, 0.25) is 0 Å². The van der Waals surface area contributed by atoms with Crippen LogP contribution < -0.4 is 4.90 Å². The minimum absolute atomic E-state index is 0.209. The number of anilines is 1. The van der Waals surface area contributed by atoms with Crippen molar-refractivity contribution in [2.24, 2.45) is 0 Å². The highest BCUT2D eigenvalue weighted by atomic mass is 32.1. The van der Waals surface area contributed by atoms with Gasteiger partial charge in [0, 0.05) is 24.2 Å². The molecule has 0 aliphatic heterocycles. The number of nitrogens with zero attached hydrogens (tertiary/aromatic N) is 2. The highest BCUT2D eigenvalue weighted by molar-refractivity contribution is 7.23. The Morgan fingerprint density at radius 3 is 2.60 bits per heavy atom. The summed E-state index contributed by atoms with van der Waals surface area (Å²) in [5.41, 5.74) is 0.695. The van der Waals surface area contributed by atoms with Crippen LogP contribution in [-0.2, 0) is 0 Å². The molecule has 0 aliphatic rings. The number of fused-ring (bicyclic) bond motifs is 1. The Bertz CT molecular complexity index is 519. The van der Waals surface area contributed by atoms with E-state index >= 15 is 0 Å². The number of nitro groups is 1. The van der Waals surface area contributed by atoms with Crippen LogP contribution in [0.15, 0.2) is 24.3 Å². The molecular weight excluding hydrogens is 212 g/mol. The van der Waals surface area contributed by atoms with Crippen molar-refractivity contribution in [2.45, 2.75) is 0 Å². The first-order chi connectivity index (χ1) is 7.11. The van der Waals surface area contributed by atoms with Gasteiger partial charge in [-0.15, -0.1) is 0 Å². The molecule has 1 aromatic carbocycles. The summed E-state index contributed by atoms with van der Waals surface area (Å²) in [7, 11) is 3.64. The number of hydrogen-bond donors (Lipinski definition) is 0. The summed E-state index contributed by atoms with van der Waals surface area (Å²) in [6, 6.07) is 7.60. The molecule has 15 heavy (non-hydrogen) atoms. The Hall–Kier alpha value is -1.62. The van der Waals surface area contributed by atoms with Gasteiger partial charge in [-0.2, -0.15) is 0 Å². The average Bonchev–Trinajstić information content (AvgIpc) is 2.56. The lowest BCUT2D eigenvalue weighted by Gasteiger charge is -2.09. The van der Waals surface area contributed by atoms with Crippen molar-refractivity contribution in [3.8, 4) is 0 Å². The van der Waals surface area contributed by atoms with Crippen LogP contribution in [0.5, 0.6) is 0 Å². The Morgan fingerprint density at radius 2 is 2.00 bits per heavy atom. The molecule has 0 amide bonds. The van der Waals surface area contributed by atoms with Crippen molar-refractivity contribution in [1.82, 2.24) is 0 Å². The van der Waals surface area contributed by atoms with Gasteiger partial charge in [0.15, 0.2) is 0 Å². The van der Waals surface area contributed by atoms with Gasteiger partial charge in [-0.25, -0.2) is 0 Å². The molecule has 78 valence electrons. The maximum atomic E-state index is 10.9. The SMILES string of the molecule is CN(C)c1c([N+](=O)[O-])sc2ccccc12. The van der Waals surface area contributed by atoms with E-state index in [-0.39, 0.29) is 9.92 Å². The summed E-state index contributed by atoms with van der Waals surface area (Å²) in [4.78, 5) is 12.4. The molecule has 1 heterocycles. The van der Waals surface area contributed by atoms with Crippen LogP contribution in [0.25, 0.3) is 10.1 Å². The lowest BCUT2D eigenvalue weighted by molar-refractivity contribution is -0.379. The van der Waals surface area contributed by atoms with Crippen molar-refractivity contribution in [3.05, 3.63) is 34.4 Å². The summed E-state index contributed by atoms with van der Waals surface area (Å²) in [5.74, 6) is 0.